The van der Waals surface area contributed by atoms with Crippen LogP contribution in [0.2, 0.25) is 0 Å². The highest BCUT2D eigenvalue weighted by Crippen LogP contribution is 2.29. The van der Waals surface area contributed by atoms with Gasteiger partial charge in [0.1, 0.15) is 0 Å². The summed E-state index contributed by atoms with van der Waals surface area (Å²) in [7, 11) is 4.73. The van der Waals surface area contributed by atoms with E-state index in [0.29, 0.717) is 47.6 Å². The minimum Gasteiger partial charge on any atom is -0.493 e. The van der Waals surface area contributed by atoms with E-state index in [9.17, 15) is 4.79 Å². The Balaban J connectivity index is 2.02. The van der Waals surface area contributed by atoms with E-state index in [0.717, 1.165) is 12.0 Å². The number of carbonyl (C=O) groups is 1. The Hall–Kier alpha value is -2.89. The molecule has 0 saturated carbocycles. The fourth-order valence-electron chi connectivity index (χ4n) is 2.61. The zero-order valence-electron chi connectivity index (χ0n) is 17.2. The third-order valence-corrected chi connectivity index (χ3v) is 4.28. The molecule has 6 nitrogen and oxygen atoms in total. The van der Waals surface area contributed by atoms with Gasteiger partial charge in [-0.2, -0.15) is 0 Å². The maximum Gasteiger partial charge on any atom is 0.251 e. The summed E-state index contributed by atoms with van der Waals surface area (Å²) in [6.07, 6.45) is 0.955. The smallest absolute Gasteiger partial charge is 0.251 e. The van der Waals surface area contributed by atoms with Crippen molar-refractivity contribution in [2.24, 2.45) is 5.92 Å². The molecule has 0 atom stereocenters. The van der Waals surface area contributed by atoms with Crippen molar-refractivity contribution >= 4 is 5.91 Å². The zero-order chi connectivity index (χ0) is 20.5. The molecule has 0 aliphatic heterocycles. The fraction of sp³-hybridized carbons (Fsp3) is 0.409. The van der Waals surface area contributed by atoms with Crippen LogP contribution in [0.5, 0.6) is 23.0 Å². The predicted octanol–water partition coefficient (Wildman–Crippen LogP) is 4.07. The lowest BCUT2D eigenvalue weighted by Crippen LogP contribution is -2.22. The van der Waals surface area contributed by atoms with Crippen LogP contribution in [0, 0.1) is 5.92 Å². The van der Waals surface area contributed by atoms with E-state index in [4.69, 9.17) is 18.9 Å². The summed E-state index contributed by atoms with van der Waals surface area (Å²) in [5.74, 6) is 2.82. The summed E-state index contributed by atoms with van der Waals surface area (Å²) >= 11 is 0. The number of nitrogens with one attached hydrogen (secondary N) is 1. The van der Waals surface area contributed by atoms with E-state index in [1.54, 1.807) is 39.5 Å². The molecular formula is C22H29NO5. The van der Waals surface area contributed by atoms with Gasteiger partial charge in [0.05, 0.1) is 27.9 Å². The van der Waals surface area contributed by atoms with Gasteiger partial charge in [-0.25, -0.2) is 0 Å². The van der Waals surface area contributed by atoms with Crippen molar-refractivity contribution in [3.05, 3.63) is 47.5 Å². The molecule has 6 heteroatoms. The second kappa shape index (κ2) is 10.4. The maximum atomic E-state index is 12.5. The van der Waals surface area contributed by atoms with Gasteiger partial charge in [-0.1, -0.05) is 19.9 Å². The third kappa shape index (κ3) is 5.81. The Morgan fingerprint density at radius 3 is 2.18 bits per heavy atom. The summed E-state index contributed by atoms with van der Waals surface area (Å²) in [5, 5.41) is 2.90. The third-order valence-electron chi connectivity index (χ3n) is 4.28. The summed E-state index contributed by atoms with van der Waals surface area (Å²) in [5.41, 5.74) is 1.42. The van der Waals surface area contributed by atoms with Gasteiger partial charge in [-0.05, 0) is 48.2 Å². The Morgan fingerprint density at radius 1 is 0.893 bits per heavy atom. The molecule has 0 fully saturated rings. The molecule has 0 aromatic heterocycles. The molecular weight excluding hydrogens is 358 g/mol. The maximum absolute atomic E-state index is 12.5. The monoisotopic (exact) mass is 387 g/mol. The molecule has 0 radical (unpaired) electrons. The van der Waals surface area contributed by atoms with E-state index < -0.39 is 0 Å². The van der Waals surface area contributed by atoms with E-state index in [-0.39, 0.29) is 5.91 Å². The molecule has 2 aromatic rings. The second-order valence-electron chi connectivity index (χ2n) is 6.77. The minimum atomic E-state index is -0.193. The van der Waals surface area contributed by atoms with Crippen LogP contribution in [-0.2, 0) is 6.54 Å². The first-order valence-corrected chi connectivity index (χ1v) is 9.28. The van der Waals surface area contributed by atoms with Crippen LogP contribution in [0.15, 0.2) is 36.4 Å². The van der Waals surface area contributed by atoms with Crippen LogP contribution in [0.25, 0.3) is 0 Å². The number of hydrogen-bond donors (Lipinski definition) is 1. The van der Waals surface area contributed by atoms with Crippen molar-refractivity contribution < 1.29 is 23.7 Å². The average Bonchev–Trinajstić information content (AvgIpc) is 2.71. The number of hydrogen-bond acceptors (Lipinski definition) is 5. The van der Waals surface area contributed by atoms with Crippen molar-refractivity contribution in [3.8, 4) is 23.0 Å². The Kier molecular flexibility index (Phi) is 7.99. The van der Waals surface area contributed by atoms with Gasteiger partial charge in [0.15, 0.2) is 23.0 Å². The number of ether oxygens (including phenoxy) is 4. The molecule has 0 aliphatic rings. The first kappa shape index (κ1) is 21.4. The largest absolute Gasteiger partial charge is 0.493 e. The lowest BCUT2D eigenvalue weighted by Gasteiger charge is -2.13. The number of amides is 1. The molecule has 0 unspecified atom stereocenters. The Labute approximate surface area is 166 Å². The molecule has 1 N–H and O–H groups in total. The number of methoxy groups -OCH3 is 3. The first-order valence-electron chi connectivity index (χ1n) is 9.28. The highest BCUT2D eigenvalue weighted by atomic mass is 16.5. The highest BCUT2D eigenvalue weighted by molar-refractivity contribution is 5.94. The van der Waals surface area contributed by atoms with Crippen LogP contribution in [-0.4, -0.2) is 33.8 Å². The first-order chi connectivity index (χ1) is 13.5. The van der Waals surface area contributed by atoms with E-state index in [1.165, 1.54) is 0 Å². The van der Waals surface area contributed by atoms with Crippen LogP contribution in [0.3, 0.4) is 0 Å². The normalized spacial score (nSPS) is 10.5. The van der Waals surface area contributed by atoms with Crippen molar-refractivity contribution in [2.45, 2.75) is 26.8 Å². The van der Waals surface area contributed by atoms with Gasteiger partial charge in [0, 0.05) is 12.1 Å². The van der Waals surface area contributed by atoms with Crippen LogP contribution >= 0.6 is 0 Å². The Bertz CT molecular complexity index is 788. The lowest BCUT2D eigenvalue weighted by atomic mass is 10.1. The van der Waals surface area contributed by atoms with Crippen LogP contribution < -0.4 is 24.3 Å². The summed E-state index contributed by atoms with van der Waals surface area (Å²) in [6, 6.07) is 10.7. The molecule has 1 amide bonds. The molecule has 0 bridgehead atoms. The lowest BCUT2D eigenvalue weighted by molar-refractivity contribution is 0.0950. The SMILES string of the molecule is COc1ccc(CNC(=O)c2ccc(OCCC(C)C)c(OC)c2)cc1OC. The molecule has 0 saturated heterocycles. The van der Waals surface area contributed by atoms with Gasteiger partial charge < -0.3 is 24.3 Å². The average molecular weight is 387 g/mol. The van der Waals surface area contributed by atoms with Gasteiger partial charge in [0.2, 0.25) is 0 Å². The summed E-state index contributed by atoms with van der Waals surface area (Å²) in [4.78, 5) is 12.5. The van der Waals surface area contributed by atoms with Gasteiger partial charge in [-0.15, -0.1) is 0 Å². The van der Waals surface area contributed by atoms with Gasteiger partial charge in [-0.3, -0.25) is 4.79 Å². The van der Waals surface area contributed by atoms with E-state index in [1.807, 2.05) is 18.2 Å². The molecule has 28 heavy (non-hydrogen) atoms. The molecule has 0 aliphatic carbocycles. The number of rotatable bonds is 10. The molecule has 2 aromatic carbocycles. The van der Waals surface area contributed by atoms with Gasteiger partial charge in [0.25, 0.3) is 5.91 Å². The van der Waals surface area contributed by atoms with Crippen molar-refractivity contribution in [1.82, 2.24) is 5.32 Å². The fourth-order valence-corrected chi connectivity index (χ4v) is 2.61. The highest BCUT2D eigenvalue weighted by Gasteiger charge is 2.12. The molecule has 2 rings (SSSR count). The quantitative estimate of drug-likeness (QED) is 0.666. The predicted molar refractivity (Wildman–Crippen MR) is 109 cm³/mol. The molecule has 0 spiro atoms. The van der Waals surface area contributed by atoms with Crippen LogP contribution in [0.4, 0.5) is 0 Å². The van der Waals surface area contributed by atoms with E-state index >= 15 is 0 Å². The topological polar surface area (TPSA) is 66.0 Å². The zero-order valence-corrected chi connectivity index (χ0v) is 17.2. The van der Waals surface area contributed by atoms with Gasteiger partial charge >= 0.3 is 0 Å². The summed E-state index contributed by atoms with van der Waals surface area (Å²) in [6.45, 7) is 5.27. The molecule has 0 heterocycles. The molecule has 152 valence electrons. The van der Waals surface area contributed by atoms with Crippen molar-refractivity contribution in [1.29, 1.82) is 0 Å². The van der Waals surface area contributed by atoms with Crippen LogP contribution in [0.1, 0.15) is 36.2 Å². The minimum absolute atomic E-state index is 0.193. The number of carbonyl (C=O) groups excluding carboxylic acids is 1. The standard InChI is InChI=1S/C22H29NO5/c1-15(2)10-11-28-19-9-7-17(13-21(19)27-5)22(24)23-14-16-6-8-18(25-3)20(12-16)26-4/h6-9,12-13,15H,10-11,14H2,1-5H3,(H,23,24). The number of benzene rings is 2. The van der Waals surface area contributed by atoms with Crippen molar-refractivity contribution in [3.63, 3.8) is 0 Å². The van der Waals surface area contributed by atoms with E-state index in [2.05, 4.69) is 19.2 Å². The van der Waals surface area contributed by atoms with Crippen molar-refractivity contribution in [2.75, 3.05) is 27.9 Å². The summed E-state index contributed by atoms with van der Waals surface area (Å²) < 4.78 is 21.7. The Morgan fingerprint density at radius 2 is 1.54 bits per heavy atom. The second-order valence-corrected chi connectivity index (χ2v) is 6.77.